The fraction of sp³-hybridized carbons (Fsp3) is 0.706. The minimum absolute atomic E-state index is 0.199. The van der Waals surface area contributed by atoms with Crippen LogP contribution in [0, 0.1) is 0 Å². The summed E-state index contributed by atoms with van der Waals surface area (Å²) in [5.74, 6) is 0.982. The fourth-order valence-electron chi connectivity index (χ4n) is 2.75. The van der Waals surface area contributed by atoms with Gasteiger partial charge in [-0.2, -0.15) is 0 Å². The van der Waals surface area contributed by atoms with Crippen molar-refractivity contribution in [3.05, 3.63) is 24.2 Å². The number of nitrogens with zero attached hydrogens (tertiary/aromatic N) is 1. The molecule has 0 radical (unpaired) electrons. The number of hydrogen-bond donors (Lipinski definition) is 1. The minimum atomic E-state index is -0.440. The van der Waals surface area contributed by atoms with Gasteiger partial charge in [-0.1, -0.05) is 0 Å². The van der Waals surface area contributed by atoms with Gasteiger partial charge < -0.3 is 19.4 Å². The number of nitrogens with one attached hydrogen (secondary N) is 1. The maximum absolute atomic E-state index is 12.2. The van der Waals surface area contributed by atoms with E-state index in [1.807, 2.05) is 37.8 Å². The molecule has 0 saturated carbocycles. The zero-order valence-electron chi connectivity index (χ0n) is 14.1. The maximum Gasteiger partial charge on any atom is 0.410 e. The Kier molecular flexibility index (Phi) is 5.51. The van der Waals surface area contributed by atoms with Crippen molar-refractivity contribution in [3.63, 3.8) is 0 Å². The van der Waals surface area contributed by atoms with Crippen LogP contribution in [0.4, 0.5) is 4.79 Å². The highest BCUT2D eigenvalue weighted by Gasteiger charge is 2.32. The van der Waals surface area contributed by atoms with E-state index in [9.17, 15) is 4.79 Å². The number of ether oxygens (including phenoxy) is 1. The van der Waals surface area contributed by atoms with Crippen LogP contribution in [0.1, 0.15) is 46.3 Å². The summed E-state index contributed by atoms with van der Waals surface area (Å²) < 4.78 is 10.9. The van der Waals surface area contributed by atoms with Crippen LogP contribution >= 0.6 is 0 Å². The molecule has 1 aromatic rings. The van der Waals surface area contributed by atoms with E-state index in [2.05, 4.69) is 12.2 Å². The van der Waals surface area contributed by atoms with Crippen LogP contribution in [0.15, 0.2) is 22.8 Å². The molecule has 1 N–H and O–H groups in total. The molecule has 5 nitrogen and oxygen atoms in total. The largest absolute Gasteiger partial charge is 0.469 e. The van der Waals surface area contributed by atoms with Crippen molar-refractivity contribution in [1.82, 2.24) is 10.2 Å². The van der Waals surface area contributed by atoms with E-state index in [1.165, 1.54) is 0 Å². The predicted molar refractivity (Wildman–Crippen MR) is 85.8 cm³/mol. The number of furan rings is 1. The highest BCUT2D eigenvalue weighted by Crippen LogP contribution is 2.20. The molecular formula is C17H28N2O3. The summed E-state index contributed by atoms with van der Waals surface area (Å²) in [4.78, 5) is 14.1. The van der Waals surface area contributed by atoms with Gasteiger partial charge in [-0.25, -0.2) is 4.79 Å². The first kappa shape index (κ1) is 16.9. The average molecular weight is 308 g/mol. The molecular weight excluding hydrogens is 280 g/mol. The van der Waals surface area contributed by atoms with E-state index in [4.69, 9.17) is 9.15 Å². The number of carbonyl (C=O) groups is 1. The van der Waals surface area contributed by atoms with E-state index in [0.717, 1.165) is 38.1 Å². The van der Waals surface area contributed by atoms with Crippen LogP contribution in [-0.4, -0.2) is 41.8 Å². The second-order valence-electron chi connectivity index (χ2n) is 7.06. The van der Waals surface area contributed by atoms with Crippen LogP contribution in [0.5, 0.6) is 0 Å². The van der Waals surface area contributed by atoms with Gasteiger partial charge in [-0.15, -0.1) is 0 Å². The summed E-state index contributed by atoms with van der Waals surface area (Å²) in [6.45, 7) is 9.42. The molecule has 2 rings (SSSR count). The molecule has 2 atom stereocenters. The van der Waals surface area contributed by atoms with Gasteiger partial charge in [-0.3, -0.25) is 0 Å². The smallest absolute Gasteiger partial charge is 0.410 e. The number of hydrogen-bond acceptors (Lipinski definition) is 4. The van der Waals surface area contributed by atoms with E-state index in [-0.39, 0.29) is 12.1 Å². The Labute approximate surface area is 133 Å². The Morgan fingerprint density at radius 1 is 1.55 bits per heavy atom. The fourth-order valence-corrected chi connectivity index (χ4v) is 2.75. The van der Waals surface area contributed by atoms with Gasteiger partial charge in [0.15, 0.2) is 0 Å². The van der Waals surface area contributed by atoms with Crippen LogP contribution in [0.3, 0.4) is 0 Å². The molecule has 1 aliphatic rings. The first-order valence-corrected chi connectivity index (χ1v) is 8.10. The molecule has 1 saturated heterocycles. The molecule has 2 unspecified atom stereocenters. The molecule has 0 spiro atoms. The van der Waals surface area contributed by atoms with E-state index < -0.39 is 5.60 Å². The molecule has 1 amide bonds. The Morgan fingerprint density at radius 3 is 2.95 bits per heavy atom. The second-order valence-corrected chi connectivity index (χ2v) is 7.06. The Balaban J connectivity index is 1.79. The van der Waals surface area contributed by atoms with Gasteiger partial charge in [0, 0.05) is 31.6 Å². The van der Waals surface area contributed by atoms with Gasteiger partial charge in [0.1, 0.15) is 11.4 Å². The van der Waals surface area contributed by atoms with Crippen molar-refractivity contribution in [2.24, 2.45) is 0 Å². The Bertz CT molecular complexity index is 465. The van der Waals surface area contributed by atoms with Crippen LogP contribution in [0.2, 0.25) is 0 Å². The van der Waals surface area contributed by atoms with Crippen LogP contribution in [0.25, 0.3) is 0 Å². The third-order valence-electron chi connectivity index (χ3n) is 3.79. The number of carbonyl (C=O) groups excluding carboxylic acids is 1. The van der Waals surface area contributed by atoms with Gasteiger partial charge in [0.25, 0.3) is 0 Å². The molecule has 1 aromatic heterocycles. The molecule has 22 heavy (non-hydrogen) atoms. The lowest BCUT2D eigenvalue weighted by Crippen LogP contribution is -2.45. The molecule has 0 bridgehead atoms. The summed E-state index contributed by atoms with van der Waals surface area (Å²) in [5, 5.41) is 3.50. The summed E-state index contributed by atoms with van der Waals surface area (Å²) in [6.07, 6.45) is 4.42. The van der Waals surface area contributed by atoms with Crippen molar-refractivity contribution in [1.29, 1.82) is 0 Å². The molecule has 1 fully saturated rings. The minimum Gasteiger partial charge on any atom is -0.469 e. The second kappa shape index (κ2) is 7.18. The third kappa shape index (κ3) is 5.05. The van der Waals surface area contributed by atoms with E-state index in [0.29, 0.717) is 6.04 Å². The summed E-state index contributed by atoms with van der Waals surface area (Å²) in [7, 11) is 0. The highest BCUT2D eigenvalue weighted by atomic mass is 16.6. The monoisotopic (exact) mass is 308 g/mol. The van der Waals surface area contributed by atoms with Crippen molar-refractivity contribution in [3.8, 4) is 0 Å². The Morgan fingerprint density at radius 2 is 2.32 bits per heavy atom. The lowest BCUT2D eigenvalue weighted by Gasteiger charge is -2.29. The summed E-state index contributed by atoms with van der Waals surface area (Å²) in [6, 6.07) is 4.42. The Hall–Kier alpha value is -1.49. The molecule has 0 aromatic carbocycles. The zero-order chi connectivity index (χ0) is 16.2. The predicted octanol–water partition coefficient (Wildman–Crippen LogP) is 3.20. The normalized spacial score (nSPS) is 20.2. The molecule has 5 heteroatoms. The first-order valence-electron chi connectivity index (χ1n) is 8.10. The number of rotatable bonds is 5. The van der Waals surface area contributed by atoms with Crippen LogP contribution in [-0.2, 0) is 11.2 Å². The van der Waals surface area contributed by atoms with Crippen molar-refractivity contribution >= 4 is 6.09 Å². The molecule has 1 aliphatic heterocycles. The highest BCUT2D eigenvalue weighted by molar-refractivity contribution is 5.69. The molecule has 0 aliphatic carbocycles. The van der Waals surface area contributed by atoms with Gasteiger partial charge in [0.05, 0.1) is 6.26 Å². The van der Waals surface area contributed by atoms with Crippen molar-refractivity contribution in [2.75, 3.05) is 13.1 Å². The van der Waals surface area contributed by atoms with Gasteiger partial charge in [0.2, 0.25) is 0 Å². The lowest BCUT2D eigenvalue weighted by atomic mass is 10.1. The summed E-state index contributed by atoms with van der Waals surface area (Å²) >= 11 is 0. The zero-order valence-corrected chi connectivity index (χ0v) is 14.1. The number of amides is 1. The third-order valence-corrected chi connectivity index (χ3v) is 3.79. The molecule has 2 heterocycles. The van der Waals surface area contributed by atoms with Gasteiger partial charge in [-0.05, 0) is 52.7 Å². The average Bonchev–Trinajstić information content (AvgIpc) is 3.04. The molecule has 124 valence electrons. The standard InChI is InChI=1S/C17H28N2O3/c1-13(11-15-8-6-10-21-15)18-12-14-7-5-9-19(14)16(20)22-17(2,3)4/h6,8,10,13-14,18H,5,7,9,11-12H2,1-4H3. The quantitative estimate of drug-likeness (QED) is 0.907. The summed E-state index contributed by atoms with van der Waals surface area (Å²) in [5.41, 5.74) is -0.440. The van der Waals surface area contributed by atoms with E-state index in [1.54, 1.807) is 6.26 Å². The van der Waals surface area contributed by atoms with E-state index >= 15 is 0 Å². The van der Waals surface area contributed by atoms with Gasteiger partial charge >= 0.3 is 6.09 Å². The SMILES string of the molecule is CC(Cc1ccco1)NCC1CCCN1C(=O)OC(C)(C)C. The van der Waals surface area contributed by atoms with Crippen LogP contribution < -0.4 is 5.32 Å². The number of likely N-dealkylation sites (tertiary alicyclic amines) is 1. The lowest BCUT2D eigenvalue weighted by molar-refractivity contribution is 0.0225. The van der Waals surface area contributed by atoms with Crippen molar-refractivity contribution in [2.45, 2.75) is 64.6 Å². The van der Waals surface area contributed by atoms with Crippen molar-refractivity contribution < 1.29 is 13.9 Å². The maximum atomic E-state index is 12.2. The first-order chi connectivity index (χ1) is 10.3. The topological polar surface area (TPSA) is 54.7 Å².